The van der Waals surface area contributed by atoms with Gasteiger partial charge in [0.15, 0.2) is 23.0 Å². The molecular formula is C22H30ClNO4. The molecule has 2 rings (SSSR count). The highest BCUT2D eigenvalue weighted by Crippen LogP contribution is 2.34. The molecule has 0 aliphatic carbocycles. The zero-order valence-corrected chi connectivity index (χ0v) is 18.1. The molecule has 0 spiro atoms. The summed E-state index contributed by atoms with van der Waals surface area (Å²) in [6.45, 7) is 7.94. The van der Waals surface area contributed by atoms with E-state index in [4.69, 9.17) is 30.5 Å². The third-order valence-electron chi connectivity index (χ3n) is 4.13. The third kappa shape index (κ3) is 6.21. The largest absolute Gasteiger partial charge is 0.493 e. The molecule has 0 radical (unpaired) electrons. The fraction of sp³-hybridized carbons (Fsp3) is 0.455. The van der Waals surface area contributed by atoms with E-state index in [1.807, 2.05) is 51.1 Å². The Morgan fingerprint density at radius 1 is 0.964 bits per heavy atom. The number of methoxy groups -OCH3 is 2. The van der Waals surface area contributed by atoms with Crippen molar-refractivity contribution in [3.63, 3.8) is 0 Å². The summed E-state index contributed by atoms with van der Waals surface area (Å²) in [7, 11) is 3.28. The van der Waals surface area contributed by atoms with Gasteiger partial charge in [0.1, 0.15) is 0 Å². The second kappa shape index (κ2) is 11.0. The van der Waals surface area contributed by atoms with E-state index in [0.29, 0.717) is 23.9 Å². The Kier molecular flexibility index (Phi) is 8.74. The van der Waals surface area contributed by atoms with E-state index in [-0.39, 0.29) is 6.10 Å². The molecule has 1 N–H and O–H groups in total. The molecule has 28 heavy (non-hydrogen) atoms. The average Bonchev–Trinajstić information content (AvgIpc) is 2.67. The van der Waals surface area contributed by atoms with Crippen LogP contribution in [0.15, 0.2) is 30.3 Å². The van der Waals surface area contributed by atoms with Crippen molar-refractivity contribution in [1.29, 1.82) is 0 Å². The number of ether oxygens (including phenoxy) is 4. The van der Waals surface area contributed by atoms with E-state index in [1.165, 1.54) is 5.56 Å². The predicted octanol–water partition coefficient (Wildman–Crippen LogP) is 4.88. The molecule has 0 fully saturated rings. The summed E-state index contributed by atoms with van der Waals surface area (Å²) >= 11 is 6.45. The molecule has 2 aromatic carbocycles. The minimum atomic E-state index is 0.0562. The van der Waals surface area contributed by atoms with Crippen LogP contribution in [0.4, 0.5) is 0 Å². The molecule has 0 unspecified atom stereocenters. The number of hydrogen-bond acceptors (Lipinski definition) is 5. The SMILES string of the molecule is CCOc1cc(CNCCc2ccc(OC)c(OC)c2)c(Cl)cc1OC(C)C. The maximum atomic E-state index is 6.45. The molecule has 0 bridgehead atoms. The van der Waals surface area contributed by atoms with Crippen molar-refractivity contribution in [2.45, 2.75) is 39.8 Å². The first-order chi connectivity index (χ1) is 13.5. The van der Waals surface area contributed by atoms with Crippen LogP contribution in [0.3, 0.4) is 0 Å². The van der Waals surface area contributed by atoms with Crippen LogP contribution in [0.25, 0.3) is 0 Å². The van der Waals surface area contributed by atoms with Crippen LogP contribution in [0.2, 0.25) is 5.02 Å². The van der Waals surface area contributed by atoms with Gasteiger partial charge < -0.3 is 24.3 Å². The Bertz CT molecular complexity index is 764. The van der Waals surface area contributed by atoms with Gasteiger partial charge in [-0.05, 0) is 63.1 Å². The summed E-state index contributed by atoms with van der Waals surface area (Å²) in [6.07, 6.45) is 0.922. The smallest absolute Gasteiger partial charge is 0.163 e. The molecule has 0 amide bonds. The first-order valence-corrected chi connectivity index (χ1v) is 9.89. The Hall–Kier alpha value is -2.11. The number of benzene rings is 2. The number of rotatable bonds is 11. The Morgan fingerprint density at radius 3 is 2.36 bits per heavy atom. The second-order valence-electron chi connectivity index (χ2n) is 6.61. The fourth-order valence-corrected chi connectivity index (χ4v) is 3.04. The highest BCUT2D eigenvalue weighted by Gasteiger charge is 2.12. The van der Waals surface area contributed by atoms with Crippen LogP contribution in [-0.2, 0) is 13.0 Å². The van der Waals surface area contributed by atoms with Crippen LogP contribution >= 0.6 is 11.6 Å². The number of nitrogens with one attached hydrogen (secondary N) is 1. The molecule has 0 aliphatic heterocycles. The maximum Gasteiger partial charge on any atom is 0.163 e. The van der Waals surface area contributed by atoms with Crippen LogP contribution in [0.1, 0.15) is 31.9 Å². The van der Waals surface area contributed by atoms with E-state index in [1.54, 1.807) is 14.2 Å². The van der Waals surface area contributed by atoms with Crippen LogP contribution in [0.5, 0.6) is 23.0 Å². The van der Waals surface area contributed by atoms with Gasteiger partial charge in [0.05, 0.1) is 26.9 Å². The topological polar surface area (TPSA) is 49.0 Å². The van der Waals surface area contributed by atoms with E-state index in [2.05, 4.69) is 5.32 Å². The van der Waals surface area contributed by atoms with Gasteiger partial charge >= 0.3 is 0 Å². The summed E-state index contributed by atoms with van der Waals surface area (Å²) in [5.74, 6) is 2.87. The van der Waals surface area contributed by atoms with Crippen molar-refractivity contribution >= 4 is 11.6 Å². The molecular weight excluding hydrogens is 378 g/mol. The predicted molar refractivity (Wildman–Crippen MR) is 113 cm³/mol. The average molecular weight is 408 g/mol. The molecule has 5 nitrogen and oxygen atoms in total. The standard InChI is InChI=1S/C22H30ClNO4/c1-6-27-21-12-17(18(23)13-22(21)28-15(2)3)14-24-10-9-16-7-8-19(25-4)20(11-16)26-5/h7-8,11-13,15,24H,6,9-10,14H2,1-5H3. The molecule has 0 aromatic heterocycles. The molecule has 2 aromatic rings. The molecule has 0 saturated carbocycles. The Balaban J connectivity index is 1.97. The Morgan fingerprint density at radius 2 is 1.71 bits per heavy atom. The quantitative estimate of drug-likeness (QED) is 0.538. The van der Waals surface area contributed by atoms with E-state index in [9.17, 15) is 0 Å². The van der Waals surface area contributed by atoms with Crippen LogP contribution < -0.4 is 24.3 Å². The summed E-state index contributed by atoms with van der Waals surface area (Å²) in [4.78, 5) is 0. The van der Waals surface area contributed by atoms with Crippen LogP contribution in [0, 0.1) is 0 Å². The summed E-state index contributed by atoms with van der Waals surface area (Å²) < 4.78 is 22.2. The lowest BCUT2D eigenvalue weighted by atomic mass is 10.1. The summed E-state index contributed by atoms with van der Waals surface area (Å²) in [6, 6.07) is 9.75. The maximum absolute atomic E-state index is 6.45. The molecule has 0 atom stereocenters. The molecule has 0 heterocycles. The van der Waals surface area contributed by atoms with Crippen molar-refractivity contribution in [2.75, 3.05) is 27.4 Å². The van der Waals surface area contributed by atoms with E-state index < -0.39 is 0 Å². The van der Waals surface area contributed by atoms with Crippen molar-refractivity contribution in [3.05, 3.63) is 46.5 Å². The van der Waals surface area contributed by atoms with Gasteiger partial charge in [-0.1, -0.05) is 17.7 Å². The molecule has 0 saturated heterocycles. The highest BCUT2D eigenvalue weighted by molar-refractivity contribution is 6.31. The normalized spacial score (nSPS) is 10.8. The Labute approximate surface area is 172 Å². The van der Waals surface area contributed by atoms with Gasteiger partial charge in [-0.25, -0.2) is 0 Å². The summed E-state index contributed by atoms with van der Waals surface area (Å²) in [5.41, 5.74) is 2.15. The summed E-state index contributed by atoms with van der Waals surface area (Å²) in [5, 5.41) is 4.10. The van der Waals surface area contributed by atoms with Gasteiger partial charge in [0.25, 0.3) is 0 Å². The molecule has 6 heteroatoms. The van der Waals surface area contributed by atoms with E-state index in [0.717, 1.165) is 35.8 Å². The fourth-order valence-electron chi connectivity index (χ4n) is 2.82. The van der Waals surface area contributed by atoms with Gasteiger partial charge in [-0.2, -0.15) is 0 Å². The van der Waals surface area contributed by atoms with Crippen molar-refractivity contribution in [3.8, 4) is 23.0 Å². The lowest BCUT2D eigenvalue weighted by Gasteiger charge is -2.17. The van der Waals surface area contributed by atoms with Crippen LogP contribution in [-0.4, -0.2) is 33.5 Å². The lowest BCUT2D eigenvalue weighted by Crippen LogP contribution is -2.17. The molecule has 0 aliphatic rings. The third-order valence-corrected chi connectivity index (χ3v) is 4.48. The van der Waals surface area contributed by atoms with Crippen molar-refractivity contribution < 1.29 is 18.9 Å². The highest BCUT2D eigenvalue weighted by atomic mass is 35.5. The monoisotopic (exact) mass is 407 g/mol. The van der Waals surface area contributed by atoms with Crippen molar-refractivity contribution in [2.24, 2.45) is 0 Å². The number of halogens is 1. The van der Waals surface area contributed by atoms with Gasteiger partial charge in [-0.15, -0.1) is 0 Å². The lowest BCUT2D eigenvalue weighted by molar-refractivity contribution is 0.223. The zero-order chi connectivity index (χ0) is 20.5. The second-order valence-corrected chi connectivity index (χ2v) is 7.01. The van der Waals surface area contributed by atoms with Gasteiger partial charge in [-0.3, -0.25) is 0 Å². The molecule has 154 valence electrons. The first kappa shape index (κ1) is 22.2. The van der Waals surface area contributed by atoms with Crippen molar-refractivity contribution in [1.82, 2.24) is 5.32 Å². The minimum Gasteiger partial charge on any atom is -0.493 e. The van der Waals surface area contributed by atoms with E-state index >= 15 is 0 Å². The zero-order valence-electron chi connectivity index (χ0n) is 17.3. The minimum absolute atomic E-state index is 0.0562. The first-order valence-electron chi connectivity index (χ1n) is 9.52. The number of hydrogen-bond donors (Lipinski definition) is 1. The van der Waals surface area contributed by atoms with Gasteiger partial charge in [0, 0.05) is 17.6 Å². The van der Waals surface area contributed by atoms with Gasteiger partial charge in [0.2, 0.25) is 0 Å².